The predicted molar refractivity (Wildman–Crippen MR) is 139 cm³/mol. The number of aromatic nitrogens is 2. The zero-order chi connectivity index (χ0) is 25.9. The van der Waals surface area contributed by atoms with Gasteiger partial charge in [0, 0.05) is 29.7 Å². The molecule has 3 aromatic rings. The van der Waals surface area contributed by atoms with Crippen LogP contribution in [0.1, 0.15) is 55.6 Å². The van der Waals surface area contributed by atoms with Gasteiger partial charge in [0.2, 0.25) is 0 Å². The van der Waals surface area contributed by atoms with Crippen molar-refractivity contribution in [1.82, 2.24) is 14.7 Å². The molecule has 190 valence electrons. The molecular formula is C27H31ClN4O4. The fourth-order valence-electron chi connectivity index (χ4n) is 4.25. The highest BCUT2D eigenvalue weighted by Crippen LogP contribution is 2.33. The van der Waals surface area contributed by atoms with E-state index in [1.807, 2.05) is 49.7 Å². The maximum absolute atomic E-state index is 13.3. The van der Waals surface area contributed by atoms with Gasteiger partial charge in [-0.15, -0.1) is 0 Å². The molecule has 1 saturated heterocycles. The van der Waals surface area contributed by atoms with Gasteiger partial charge in [0.25, 0.3) is 5.91 Å². The summed E-state index contributed by atoms with van der Waals surface area (Å²) in [5, 5.41) is 8.13. The van der Waals surface area contributed by atoms with Crippen molar-refractivity contribution in [3.8, 4) is 11.4 Å². The number of amides is 2. The molecule has 2 aromatic carbocycles. The van der Waals surface area contributed by atoms with E-state index in [1.165, 1.54) is 0 Å². The van der Waals surface area contributed by atoms with Crippen LogP contribution in [-0.4, -0.2) is 52.5 Å². The number of piperidine rings is 1. The minimum Gasteiger partial charge on any atom is -0.497 e. The van der Waals surface area contributed by atoms with Gasteiger partial charge in [-0.2, -0.15) is 5.10 Å². The summed E-state index contributed by atoms with van der Waals surface area (Å²) in [5.41, 5.74) is 2.23. The number of rotatable bonds is 5. The van der Waals surface area contributed by atoms with Crippen molar-refractivity contribution in [3.63, 3.8) is 0 Å². The van der Waals surface area contributed by atoms with Crippen molar-refractivity contribution in [3.05, 3.63) is 71.0 Å². The number of benzene rings is 2. The molecule has 1 fully saturated rings. The second-order valence-electron chi connectivity index (χ2n) is 9.76. The standard InChI is InChI=1S/C27H31ClN4O4/c1-27(2,3)36-26(34)31-15-13-18(14-16-31)24-23(25(33)30-20-7-5-19(28)6-8-20)17-29-32(24)21-9-11-22(35-4)12-10-21/h5-12,17-18H,13-16H2,1-4H3,(H,30,33). The Kier molecular flexibility index (Phi) is 7.54. The molecule has 36 heavy (non-hydrogen) atoms. The van der Waals surface area contributed by atoms with Crippen LogP contribution < -0.4 is 10.1 Å². The molecule has 0 bridgehead atoms. The van der Waals surface area contributed by atoms with Gasteiger partial charge in [0.15, 0.2) is 0 Å². The summed E-state index contributed by atoms with van der Waals surface area (Å²) >= 11 is 5.98. The quantitative estimate of drug-likeness (QED) is 0.461. The van der Waals surface area contributed by atoms with E-state index >= 15 is 0 Å². The van der Waals surface area contributed by atoms with E-state index in [0.717, 1.165) is 17.1 Å². The lowest BCUT2D eigenvalue weighted by molar-refractivity contribution is 0.0203. The van der Waals surface area contributed by atoms with Crippen LogP contribution in [0.15, 0.2) is 54.7 Å². The van der Waals surface area contributed by atoms with Crippen LogP contribution in [0.2, 0.25) is 5.02 Å². The van der Waals surface area contributed by atoms with Crippen molar-refractivity contribution in [2.45, 2.75) is 45.1 Å². The second-order valence-corrected chi connectivity index (χ2v) is 10.2. The number of carbonyl (C=O) groups is 2. The molecule has 0 radical (unpaired) electrons. The van der Waals surface area contributed by atoms with E-state index in [0.29, 0.717) is 42.2 Å². The molecule has 1 aromatic heterocycles. The van der Waals surface area contributed by atoms with Gasteiger partial charge in [-0.25, -0.2) is 9.48 Å². The fourth-order valence-corrected chi connectivity index (χ4v) is 4.37. The molecule has 0 atom stereocenters. The number of likely N-dealkylation sites (tertiary alicyclic amines) is 1. The highest BCUT2D eigenvalue weighted by molar-refractivity contribution is 6.30. The normalized spacial score (nSPS) is 14.4. The fraction of sp³-hybridized carbons (Fsp3) is 0.370. The van der Waals surface area contributed by atoms with E-state index in [-0.39, 0.29) is 17.9 Å². The zero-order valence-corrected chi connectivity index (χ0v) is 21.7. The summed E-state index contributed by atoms with van der Waals surface area (Å²) < 4.78 is 12.6. The minimum atomic E-state index is -0.548. The van der Waals surface area contributed by atoms with Crippen LogP contribution >= 0.6 is 11.6 Å². The summed E-state index contributed by atoms with van der Waals surface area (Å²) in [6.07, 6.45) is 2.65. The van der Waals surface area contributed by atoms with E-state index in [1.54, 1.807) is 42.5 Å². The summed E-state index contributed by atoms with van der Waals surface area (Å²) in [4.78, 5) is 27.6. The smallest absolute Gasteiger partial charge is 0.410 e. The average molecular weight is 511 g/mol. The molecule has 2 amide bonds. The monoisotopic (exact) mass is 510 g/mol. The molecule has 1 N–H and O–H groups in total. The van der Waals surface area contributed by atoms with Gasteiger partial charge in [-0.05, 0) is 82.1 Å². The highest BCUT2D eigenvalue weighted by Gasteiger charge is 2.32. The molecule has 1 aliphatic heterocycles. The van der Waals surface area contributed by atoms with E-state index in [9.17, 15) is 9.59 Å². The minimum absolute atomic E-state index is 0.0271. The summed E-state index contributed by atoms with van der Waals surface area (Å²) in [6.45, 7) is 6.64. The zero-order valence-electron chi connectivity index (χ0n) is 21.0. The maximum atomic E-state index is 13.3. The predicted octanol–water partition coefficient (Wildman–Crippen LogP) is 5.90. The van der Waals surface area contributed by atoms with Gasteiger partial charge in [0.1, 0.15) is 11.4 Å². The Hall–Kier alpha value is -3.52. The molecule has 0 aliphatic carbocycles. The average Bonchev–Trinajstić information content (AvgIpc) is 3.30. The number of halogens is 1. The number of carbonyl (C=O) groups excluding carboxylic acids is 2. The largest absolute Gasteiger partial charge is 0.497 e. The summed E-state index contributed by atoms with van der Waals surface area (Å²) in [7, 11) is 1.62. The van der Waals surface area contributed by atoms with Crippen LogP contribution in [0.4, 0.5) is 10.5 Å². The van der Waals surface area contributed by atoms with Crippen LogP contribution in [0.5, 0.6) is 5.75 Å². The Bertz CT molecular complexity index is 1210. The second kappa shape index (κ2) is 10.6. The summed E-state index contributed by atoms with van der Waals surface area (Å²) in [6, 6.07) is 14.5. The van der Waals surface area contributed by atoms with E-state index < -0.39 is 5.60 Å². The first-order valence-electron chi connectivity index (χ1n) is 11.9. The topological polar surface area (TPSA) is 85.7 Å². The molecule has 9 heteroatoms. The number of hydrogen-bond donors (Lipinski definition) is 1. The molecule has 8 nitrogen and oxygen atoms in total. The Morgan fingerprint density at radius 1 is 1.03 bits per heavy atom. The van der Waals surface area contributed by atoms with E-state index in [2.05, 4.69) is 10.4 Å². The SMILES string of the molecule is COc1ccc(-n2ncc(C(=O)Nc3ccc(Cl)cc3)c2C2CCN(C(=O)OC(C)(C)C)CC2)cc1. The van der Waals surface area contributed by atoms with Crippen LogP contribution in [0.25, 0.3) is 5.69 Å². The van der Waals surface area contributed by atoms with Crippen LogP contribution in [0, 0.1) is 0 Å². The van der Waals surface area contributed by atoms with Crippen LogP contribution in [-0.2, 0) is 4.74 Å². The molecule has 4 rings (SSSR count). The number of nitrogens with one attached hydrogen (secondary N) is 1. The molecule has 0 unspecified atom stereocenters. The third-order valence-electron chi connectivity index (χ3n) is 6.00. The summed E-state index contributed by atoms with van der Waals surface area (Å²) in [5.74, 6) is 0.514. The lowest BCUT2D eigenvalue weighted by atomic mass is 9.90. The number of anilines is 1. The molecule has 1 aliphatic rings. The van der Waals surface area contributed by atoms with Crippen molar-refractivity contribution in [1.29, 1.82) is 0 Å². The van der Waals surface area contributed by atoms with Gasteiger partial charge in [-0.3, -0.25) is 4.79 Å². The molecule has 2 heterocycles. The number of nitrogens with zero attached hydrogens (tertiary/aromatic N) is 3. The van der Waals surface area contributed by atoms with Gasteiger partial charge in [0.05, 0.1) is 30.3 Å². The van der Waals surface area contributed by atoms with Crippen molar-refractivity contribution in [2.24, 2.45) is 0 Å². The third-order valence-corrected chi connectivity index (χ3v) is 6.26. The highest BCUT2D eigenvalue weighted by atomic mass is 35.5. The number of ether oxygens (including phenoxy) is 2. The van der Waals surface area contributed by atoms with Gasteiger partial charge in [-0.1, -0.05) is 11.6 Å². The van der Waals surface area contributed by atoms with Gasteiger partial charge < -0.3 is 19.7 Å². The van der Waals surface area contributed by atoms with Crippen molar-refractivity contribution in [2.75, 3.05) is 25.5 Å². The maximum Gasteiger partial charge on any atom is 0.410 e. The first-order chi connectivity index (χ1) is 17.1. The Morgan fingerprint density at radius 3 is 2.25 bits per heavy atom. The first kappa shape index (κ1) is 25.6. The number of hydrogen-bond acceptors (Lipinski definition) is 5. The Balaban J connectivity index is 1.61. The van der Waals surface area contributed by atoms with E-state index in [4.69, 9.17) is 21.1 Å². The lowest BCUT2D eigenvalue weighted by Crippen LogP contribution is -2.41. The van der Waals surface area contributed by atoms with Crippen LogP contribution in [0.3, 0.4) is 0 Å². The Morgan fingerprint density at radius 2 is 1.67 bits per heavy atom. The van der Waals surface area contributed by atoms with Gasteiger partial charge >= 0.3 is 6.09 Å². The molecule has 0 spiro atoms. The Labute approximate surface area is 216 Å². The lowest BCUT2D eigenvalue weighted by Gasteiger charge is -2.34. The molecular weight excluding hydrogens is 480 g/mol. The van der Waals surface area contributed by atoms with Crippen molar-refractivity contribution >= 4 is 29.3 Å². The van der Waals surface area contributed by atoms with Crippen molar-refractivity contribution < 1.29 is 19.1 Å². The third kappa shape index (κ3) is 5.99. The molecule has 0 saturated carbocycles. The first-order valence-corrected chi connectivity index (χ1v) is 12.3. The number of methoxy groups -OCH3 is 1.